The van der Waals surface area contributed by atoms with Crippen LogP contribution >= 0.6 is 0 Å². The van der Waals surface area contributed by atoms with Crippen LogP contribution in [0.4, 0.5) is 0 Å². The fourth-order valence-electron chi connectivity index (χ4n) is 2.68. The van der Waals surface area contributed by atoms with Gasteiger partial charge in [0, 0.05) is 12.8 Å². The summed E-state index contributed by atoms with van der Waals surface area (Å²) in [6, 6.07) is 0. The highest BCUT2D eigenvalue weighted by Gasteiger charge is 2.03. The van der Waals surface area contributed by atoms with Crippen molar-refractivity contribution < 1.29 is 9.59 Å². The van der Waals surface area contributed by atoms with E-state index in [9.17, 15) is 9.59 Å². The number of hydrogen-bond acceptors (Lipinski definition) is 2. The maximum atomic E-state index is 11.5. The molecule has 0 aromatic heterocycles. The molecule has 0 saturated carbocycles. The molecule has 4 nitrogen and oxygen atoms in total. The highest BCUT2D eigenvalue weighted by Crippen LogP contribution is 2.10. The predicted octanol–water partition coefficient (Wildman–Crippen LogP) is 6.77. The summed E-state index contributed by atoms with van der Waals surface area (Å²) in [7, 11) is 0. The number of azo groups is 1. The summed E-state index contributed by atoms with van der Waals surface area (Å²) in [4.78, 5) is 23.1. The van der Waals surface area contributed by atoms with Gasteiger partial charge < -0.3 is 0 Å². The van der Waals surface area contributed by atoms with Crippen LogP contribution in [0.2, 0.25) is 0 Å². The molecular weight excluding hydrogens is 300 g/mol. The smallest absolute Gasteiger partial charge is 0.264 e. The van der Waals surface area contributed by atoms with Crippen molar-refractivity contribution in [3.05, 3.63) is 0 Å². The molecule has 140 valence electrons. The fraction of sp³-hybridized carbons (Fsp3) is 0.900. The molecule has 0 spiro atoms. The van der Waals surface area contributed by atoms with E-state index in [4.69, 9.17) is 0 Å². The van der Waals surface area contributed by atoms with E-state index in [1.807, 2.05) is 0 Å². The number of amides is 2. The van der Waals surface area contributed by atoms with Crippen LogP contribution in [-0.4, -0.2) is 11.8 Å². The molecular formula is C20H38N2O2. The lowest BCUT2D eigenvalue weighted by Gasteiger charge is -1.99. The molecule has 0 aromatic carbocycles. The number of rotatable bonds is 16. The highest BCUT2D eigenvalue weighted by atomic mass is 16.2. The van der Waals surface area contributed by atoms with Gasteiger partial charge in [-0.2, -0.15) is 0 Å². The molecule has 2 amide bonds. The van der Waals surface area contributed by atoms with Crippen LogP contribution in [0.5, 0.6) is 0 Å². The summed E-state index contributed by atoms with van der Waals surface area (Å²) in [5, 5.41) is 7.09. The van der Waals surface area contributed by atoms with Gasteiger partial charge in [0.05, 0.1) is 0 Å². The van der Waals surface area contributed by atoms with Crippen molar-refractivity contribution in [3.63, 3.8) is 0 Å². The first-order valence-electron chi connectivity index (χ1n) is 10.2. The van der Waals surface area contributed by atoms with Gasteiger partial charge in [0.25, 0.3) is 11.8 Å². The van der Waals surface area contributed by atoms with E-state index in [2.05, 4.69) is 24.1 Å². The Morgan fingerprint density at radius 2 is 0.792 bits per heavy atom. The van der Waals surface area contributed by atoms with Gasteiger partial charge in [-0.1, -0.05) is 90.9 Å². The third-order valence-corrected chi connectivity index (χ3v) is 4.26. The average Bonchev–Trinajstić information content (AvgIpc) is 2.58. The molecule has 24 heavy (non-hydrogen) atoms. The Kier molecular flexibility index (Phi) is 17.5. The van der Waals surface area contributed by atoms with Crippen molar-refractivity contribution in [2.45, 2.75) is 117 Å². The van der Waals surface area contributed by atoms with Crippen molar-refractivity contribution in [1.82, 2.24) is 0 Å². The van der Waals surface area contributed by atoms with Crippen LogP contribution in [0, 0.1) is 0 Å². The van der Waals surface area contributed by atoms with Crippen molar-refractivity contribution in [2.75, 3.05) is 0 Å². The number of hydrogen-bond donors (Lipinski definition) is 0. The lowest BCUT2D eigenvalue weighted by Crippen LogP contribution is -1.96. The normalized spacial score (nSPS) is 11.2. The fourth-order valence-corrected chi connectivity index (χ4v) is 2.68. The molecule has 4 heteroatoms. The zero-order valence-corrected chi connectivity index (χ0v) is 16.0. The van der Waals surface area contributed by atoms with E-state index in [1.54, 1.807) is 0 Å². The second-order valence-corrected chi connectivity index (χ2v) is 6.73. The molecule has 0 aliphatic rings. The molecule has 0 N–H and O–H groups in total. The lowest BCUT2D eigenvalue weighted by molar-refractivity contribution is -0.122. The molecule has 0 radical (unpaired) electrons. The van der Waals surface area contributed by atoms with Gasteiger partial charge in [0.15, 0.2) is 0 Å². The predicted molar refractivity (Wildman–Crippen MR) is 100 cm³/mol. The first-order chi connectivity index (χ1) is 11.7. The van der Waals surface area contributed by atoms with Crippen LogP contribution in [0.25, 0.3) is 0 Å². The van der Waals surface area contributed by atoms with Crippen molar-refractivity contribution in [2.24, 2.45) is 10.2 Å². The van der Waals surface area contributed by atoms with Gasteiger partial charge in [-0.15, -0.1) is 10.2 Å². The van der Waals surface area contributed by atoms with Gasteiger partial charge in [-0.25, -0.2) is 0 Å². The second-order valence-electron chi connectivity index (χ2n) is 6.73. The third-order valence-electron chi connectivity index (χ3n) is 4.26. The Morgan fingerprint density at radius 3 is 1.12 bits per heavy atom. The quantitative estimate of drug-likeness (QED) is 0.230. The van der Waals surface area contributed by atoms with Crippen LogP contribution in [0.15, 0.2) is 10.2 Å². The number of unbranched alkanes of at least 4 members (excludes halogenated alkanes) is 12. The van der Waals surface area contributed by atoms with E-state index >= 15 is 0 Å². The molecule has 0 saturated heterocycles. The summed E-state index contributed by atoms with van der Waals surface area (Å²) in [6.45, 7) is 4.41. The number of nitrogens with zero attached hydrogens (tertiary/aromatic N) is 2. The monoisotopic (exact) mass is 338 g/mol. The number of carbonyl (C=O) groups is 2. The minimum absolute atomic E-state index is 0.253. The van der Waals surface area contributed by atoms with E-state index in [0.717, 1.165) is 25.7 Å². The van der Waals surface area contributed by atoms with Crippen molar-refractivity contribution in [1.29, 1.82) is 0 Å². The Bertz CT molecular complexity index is 309. The summed E-state index contributed by atoms with van der Waals surface area (Å²) >= 11 is 0. The molecule has 0 aliphatic carbocycles. The summed E-state index contributed by atoms with van der Waals surface area (Å²) in [5.74, 6) is -0.507. The van der Waals surface area contributed by atoms with E-state index in [-0.39, 0.29) is 11.8 Å². The molecule has 0 bridgehead atoms. The molecule has 0 aliphatic heterocycles. The molecule has 0 atom stereocenters. The van der Waals surface area contributed by atoms with E-state index < -0.39 is 0 Å². The first-order valence-corrected chi connectivity index (χ1v) is 10.2. The van der Waals surface area contributed by atoms with Crippen LogP contribution in [0.3, 0.4) is 0 Å². The molecule has 0 fully saturated rings. The van der Waals surface area contributed by atoms with Crippen LogP contribution < -0.4 is 0 Å². The van der Waals surface area contributed by atoms with Crippen molar-refractivity contribution >= 4 is 11.8 Å². The van der Waals surface area contributed by atoms with Gasteiger partial charge >= 0.3 is 0 Å². The lowest BCUT2D eigenvalue weighted by atomic mass is 10.1. The first kappa shape index (κ1) is 22.9. The minimum Gasteiger partial charge on any atom is -0.271 e. The largest absolute Gasteiger partial charge is 0.271 e. The van der Waals surface area contributed by atoms with Gasteiger partial charge in [0.1, 0.15) is 0 Å². The van der Waals surface area contributed by atoms with E-state index in [0.29, 0.717) is 12.8 Å². The zero-order chi connectivity index (χ0) is 17.9. The van der Waals surface area contributed by atoms with Crippen molar-refractivity contribution in [3.8, 4) is 0 Å². The summed E-state index contributed by atoms with van der Waals surface area (Å²) < 4.78 is 0. The Hall–Kier alpha value is -1.06. The van der Waals surface area contributed by atoms with Gasteiger partial charge in [0.2, 0.25) is 0 Å². The Labute approximate surface area is 148 Å². The third kappa shape index (κ3) is 17.3. The Morgan fingerprint density at radius 1 is 0.500 bits per heavy atom. The second kappa shape index (κ2) is 18.3. The molecule has 0 rings (SSSR count). The average molecular weight is 339 g/mol. The zero-order valence-electron chi connectivity index (χ0n) is 16.0. The molecule has 0 aromatic rings. The van der Waals surface area contributed by atoms with Crippen LogP contribution in [-0.2, 0) is 9.59 Å². The van der Waals surface area contributed by atoms with Gasteiger partial charge in [-0.05, 0) is 12.8 Å². The Balaban J connectivity index is 3.48. The highest BCUT2D eigenvalue weighted by molar-refractivity contribution is 5.81. The molecule has 0 heterocycles. The minimum atomic E-state index is -0.253. The maximum absolute atomic E-state index is 11.5. The summed E-state index contributed by atoms with van der Waals surface area (Å²) in [6.07, 6.45) is 17.2. The summed E-state index contributed by atoms with van der Waals surface area (Å²) in [5.41, 5.74) is 0. The number of carbonyl (C=O) groups excluding carboxylic acids is 2. The topological polar surface area (TPSA) is 58.9 Å². The molecule has 0 unspecified atom stereocenters. The SMILES string of the molecule is CCCCCCCCCC(=O)N=NC(=O)CCCCCCCCC. The standard InChI is InChI=1S/C20H38N2O2/c1-3-5-7-9-11-13-15-17-19(23)21-22-20(24)18-16-14-12-10-8-6-4-2/h3-18H2,1-2H3. The van der Waals surface area contributed by atoms with Crippen LogP contribution in [0.1, 0.15) is 117 Å². The van der Waals surface area contributed by atoms with Gasteiger partial charge in [-0.3, -0.25) is 9.59 Å². The maximum Gasteiger partial charge on any atom is 0.264 e. The van der Waals surface area contributed by atoms with E-state index in [1.165, 1.54) is 64.2 Å².